The molecule has 1 aromatic carbocycles. The molecule has 1 rings (SSSR count). The van der Waals surface area contributed by atoms with E-state index in [1.54, 1.807) is 20.8 Å². The van der Waals surface area contributed by atoms with Crippen molar-refractivity contribution in [1.29, 1.82) is 0 Å². The fourth-order valence-corrected chi connectivity index (χ4v) is 1.33. The number of carbonyl (C=O) groups excluding carboxylic acids is 1. The van der Waals surface area contributed by atoms with Gasteiger partial charge in [-0.1, -0.05) is 0 Å². The second-order valence-corrected chi connectivity index (χ2v) is 4.88. The summed E-state index contributed by atoms with van der Waals surface area (Å²) in [6.07, 6.45) is -0.878. The van der Waals surface area contributed by atoms with Crippen LogP contribution in [0.2, 0.25) is 0 Å². The average Bonchev–Trinajstić information content (AvgIpc) is 2.23. The Kier molecular flexibility index (Phi) is 4.79. The molecule has 0 aliphatic rings. The second kappa shape index (κ2) is 5.94. The van der Waals surface area contributed by atoms with E-state index in [-0.39, 0.29) is 17.9 Å². The van der Waals surface area contributed by atoms with E-state index in [1.807, 2.05) is 0 Å². The summed E-state index contributed by atoms with van der Waals surface area (Å²) in [7, 11) is 0. The molecule has 1 amide bonds. The maximum atomic E-state index is 13.5. The van der Waals surface area contributed by atoms with E-state index in [4.69, 9.17) is 10.6 Å². The van der Waals surface area contributed by atoms with Crippen LogP contribution in [0, 0.1) is 11.6 Å². The van der Waals surface area contributed by atoms with Crippen molar-refractivity contribution < 1.29 is 23.1 Å². The predicted molar refractivity (Wildman–Crippen MR) is 65.2 cm³/mol. The molecular formula is C12H16F2N2O3. The van der Waals surface area contributed by atoms with Gasteiger partial charge in [-0.15, -0.1) is 0 Å². The highest BCUT2D eigenvalue weighted by Gasteiger charge is 2.19. The molecule has 5 nitrogen and oxygen atoms in total. The first-order valence-corrected chi connectivity index (χ1v) is 5.52. The second-order valence-electron chi connectivity index (χ2n) is 4.88. The van der Waals surface area contributed by atoms with Crippen molar-refractivity contribution in [3.8, 4) is 0 Å². The number of rotatable bonds is 3. The largest absolute Gasteiger partial charge is 0.444 e. The first-order chi connectivity index (χ1) is 8.73. The topological polar surface area (TPSA) is 73.6 Å². The van der Waals surface area contributed by atoms with Crippen molar-refractivity contribution in [3.63, 3.8) is 0 Å². The molecule has 0 aliphatic heterocycles. The van der Waals surface area contributed by atoms with Crippen molar-refractivity contribution >= 4 is 11.8 Å². The highest BCUT2D eigenvalue weighted by atomic mass is 19.2. The van der Waals surface area contributed by atoms with Crippen LogP contribution < -0.4 is 11.2 Å². The zero-order valence-corrected chi connectivity index (χ0v) is 10.9. The van der Waals surface area contributed by atoms with Crippen LogP contribution in [-0.4, -0.2) is 11.7 Å². The lowest BCUT2D eigenvalue weighted by molar-refractivity contribution is 0.0635. The van der Waals surface area contributed by atoms with Crippen LogP contribution in [0.4, 0.5) is 19.3 Å². The Morgan fingerprint density at radius 2 is 2.00 bits per heavy atom. The van der Waals surface area contributed by atoms with Crippen molar-refractivity contribution in [2.75, 3.05) is 5.32 Å². The molecule has 0 bridgehead atoms. The van der Waals surface area contributed by atoms with E-state index in [1.165, 1.54) is 6.07 Å². The Labute approximate surface area is 109 Å². The Bertz CT molecular complexity index is 473. The van der Waals surface area contributed by atoms with E-state index in [0.29, 0.717) is 0 Å². The quantitative estimate of drug-likeness (QED) is 0.831. The summed E-state index contributed by atoms with van der Waals surface area (Å²) in [5, 5.41) is 2.13. The average molecular weight is 274 g/mol. The van der Waals surface area contributed by atoms with Crippen LogP contribution in [0.15, 0.2) is 12.1 Å². The van der Waals surface area contributed by atoms with E-state index < -0.39 is 23.3 Å². The van der Waals surface area contributed by atoms with Gasteiger partial charge in [0.1, 0.15) is 5.60 Å². The summed E-state index contributed by atoms with van der Waals surface area (Å²) in [4.78, 5) is 15.8. The smallest absolute Gasteiger partial charge is 0.412 e. The standard InChI is InChI=1S/C12H16F2N2O3/c1-12(2,3)19-11(17)16-9-5-7(6-18-15)4-8(13)10(9)14/h4-5H,6,15H2,1-3H3,(H,16,17). The van der Waals surface area contributed by atoms with Gasteiger partial charge < -0.3 is 4.74 Å². The number of hydrogen-bond acceptors (Lipinski definition) is 4. The van der Waals surface area contributed by atoms with Crippen molar-refractivity contribution in [1.82, 2.24) is 0 Å². The van der Waals surface area contributed by atoms with Gasteiger partial charge in [-0.2, -0.15) is 0 Å². The molecule has 19 heavy (non-hydrogen) atoms. The lowest BCUT2D eigenvalue weighted by atomic mass is 10.2. The molecule has 0 atom stereocenters. The van der Waals surface area contributed by atoms with E-state index in [9.17, 15) is 13.6 Å². The van der Waals surface area contributed by atoms with Gasteiger partial charge in [-0.25, -0.2) is 19.5 Å². The Morgan fingerprint density at radius 1 is 1.37 bits per heavy atom. The van der Waals surface area contributed by atoms with Gasteiger partial charge >= 0.3 is 6.09 Å². The normalized spacial score (nSPS) is 11.3. The molecule has 0 radical (unpaired) electrons. The van der Waals surface area contributed by atoms with Crippen LogP contribution in [-0.2, 0) is 16.2 Å². The number of nitrogens with one attached hydrogen (secondary N) is 1. The molecule has 0 fully saturated rings. The number of anilines is 1. The van der Waals surface area contributed by atoms with E-state index in [0.717, 1.165) is 6.07 Å². The number of carbonyl (C=O) groups is 1. The summed E-state index contributed by atoms with van der Waals surface area (Å²) >= 11 is 0. The van der Waals surface area contributed by atoms with Gasteiger partial charge in [-0.3, -0.25) is 10.2 Å². The van der Waals surface area contributed by atoms with Gasteiger partial charge in [0, 0.05) is 0 Å². The fourth-order valence-electron chi connectivity index (χ4n) is 1.33. The molecule has 0 aliphatic carbocycles. The number of benzene rings is 1. The number of halogens is 2. The molecule has 3 N–H and O–H groups in total. The summed E-state index contributed by atoms with van der Waals surface area (Å²) in [5.41, 5.74) is -0.786. The molecule has 0 spiro atoms. The number of hydrogen-bond donors (Lipinski definition) is 2. The summed E-state index contributed by atoms with van der Waals surface area (Å²) in [6, 6.07) is 2.15. The third kappa shape index (κ3) is 4.80. The lowest BCUT2D eigenvalue weighted by Gasteiger charge is -2.20. The highest BCUT2D eigenvalue weighted by molar-refractivity contribution is 5.85. The SMILES string of the molecule is CC(C)(C)OC(=O)Nc1cc(CON)cc(F)c1F. The molecule has 0 aromatic heterocycles. The van der Waals surface area contributed by atoms with Crippen LogP contribution in [0.3, 0.4) is 0 Å². The summed E-state index contributed by atoms with van der Waals surface area (Å²) in [6.45, 7) is 4.85. The van der Waals surface area contributed by atoms with E-state index in [2.05, 4.69) is 10.2 Å². The minimum Gasteiger partial charge on any atom is -0.444 e. The van der Waals surface area contributed by atoms with Gasteiger partial charge in [0.2, 0.25) is 0 Å². The maximum Gasteiger partial charge on any atom is 0.412 e. The van der Waals surface area contributed by atoms with E-state index >= 15 is 0 Å². The van der Waals surface area contributed by atoms with Gasteiger partial charge in [0.25, 0.3) is 0 Å². The van der Waals surface area contributed by atoms with Gasteiger partial charge in [0.15, 0.2) is 11.6 Å². The first kappa shape index (κ1) is 15.3. The molecule has 0 saturated carbocycles. The Hall–Kier alpha value is -1.73. The molecule has 0 saturated heterocycles. The third-order valence-electron chi connectivity index (χ3n) is 1.97. The van der Waals surface area contributed by atoms with Crippen LogP contribution in [0.1, 0.15) is 26.3 Å². The molecule has 1 aromatic rings. The zero-order valence-electron chi connectivity index (χ0n) is 10.9. The third-order valence-corrected chi connectivity index (χ3v) is 1.97. The van der Waals surface area contributed by atoms with Crippen molar-refractivity contribution in [3.05, 3.63) is 29.3 Å². The summed E-state index contributed by atoms with van der Waals surface area (Å²) < 4.78 is 31.7. The van der Waals surface area contributed by atoms with Crippen LogP contribution in [0.5, 0.6) is 0 Å². The predicted octanol–water partition coefficient (Wildman–Crippen LogP) is 2.70. The molecule has 0 heterocycles. The Balaban J connectivity index is 2.90. The minimum absolute atomic E-state index is 0.111. The minimum atomic E-state index is -1.17. The molecule has 0 unspecified atom stereocenters. The van der Waals surface area contributed by atoms with Crippen LogP contribution >= 0.6 is 0 Å². The maximum absolute atomic E-state index is 13.5. The number of nitrogens with two attached hydrogens (primary N) is 1. The number of amides is 1. The lowest BCUT2D eigenvalue weighted by Crippen LogP contribution is -2.27. The molecule has 106 valence electrons. The Morgan fingerprint density at radius 3 is 2.53 bits per heavy atom. The van der Waals surface area contributed by atoms with Gasteiger partial charge in [0.05, 0.1) is 12.3 Å². The first-order valence-electron chi connectivity index (χ1n) is 5.52. The summed E-state index contributed by atoms with van der Waals surface area (Å²) in [5.74, 6) is 2.57. The monoisotopic (exact) mass is 274 g/mol. The number of ether oxygens (including phenoxy) is 1. The van der Waals surface area contributed by atoms with Crippen molar-refractivity contribution in [2.45, 2.75) is 33.0 Å². The van der Waals surface area contributed by atoms with Gasteiger partial charge in [-0.05, 0) is 38.5 Å². The molecular weight excluding hydrogens is 258 g/mol. The molecule has 7 heteroatoms. The fraction of sp³-hybridized carbons (Fsp3) is 0.417. The zero-order chi connectivity index (χ0) is 14.6. The van der Waals surface area contributed by atoms with Crippen LogP contribution in [0.25, 0.3) is 0 Å². The highest BCUT2D eigenvalue weighted by Crippen LogP contribution is 2.21. The van der Waals surface area contributed by atoms with Crippen molar-refractivity contribution in [2.24, 2.45) is 5.90 Å².